The molecule has 0 bridgehead atoms. The minimum atomic E-state index is -0.649. The highest BCUT2D eigenvalue weighted by Crippen LogP contribution is 2.27. The molecule has 22 heavy (non-hydrogen) atoms. The number of rotatable bonds is 4. The van der Waals surface area contributed by atoms with Crippen molar-refractivity contribution in [3.05, 3.63) is 71.3 Å². The molecule has 1 atom stereocenters. The normalized spacial score (nSPS) is 12.3. The van der Waals surface area contributed by atoms with Crippen LogP contribution in [0.2, 0.25) is 0 Å². The predicted molar refractivity (Wildman–Crippen MR) is 88.2 cm³/mol. The van der Waals surface area contributed by atoms with Crippen molar-refractivity contribution in [1.29, 1.82) is 0 Å². The summed E-state index contributed by atoms with van der Waals surface area (Å²) in [4.78, 5) is 4.57. The Bertz CT molecular complexity index is 784. The van der Waals surface area contributed by atoms with Crippen LogP contribution in [0.4, 0.5) is 0 Å². The zero-order valence-corrected chi connectivity index (χ0v) is 12.8. The van der Waals surface area contributed by atoms with Crippen LogP contribution in [-0.2, 0) is 6.42 Å². The van der Waals surface area contributed by atoms with Crippen molar-refractivity contribution in [2.24, 2.45) is 0 Å². The molecule has 0 aliphatic heterocycles. The Morgan fingerprint density at radius 2 is 1.82 bits per heavy atom. The van der Waals surface area contributed by atoms with Crippen LogP contribution in [0.25, 0.3) is 10.9 Å². The highest BCUT2D eigenvalue weighted by atomic mass is 16.5. The van der Waals surface area contributed by atoms with E-state index in [0.29, 0.717) is 5.88 Å². The zero-order chi connectivity index (χ0) is 15.5. The number of ether oxygens (including phenoxy) is 1. The number of benzene rings is 2. The van der Waals surface area contributed by atoms with E-state index in [0.717, 1.165) is 34.0 Å². The lowest BCUT2D eigenvalue weighted by Gasteiger charge is -2.13. The third kappa shape index (κ3) is 2.68. The number of aryl methyl sites for hydroxylation is 1. The van der Waals surface area contributed by atoms with Crippen molar-refractivity contribution in [1.82, 2.24) is 4.98 Å². The Morgan fingerprint density at radius 3 is 2.50 bits per heavy atom. The Labute approximate surface area is 130 Å². The van der Waals surface area contributed by atoms with Crippen LogP contribution in [0.15, 0.2) is 54.6 Å². The van der Waals surface area contributed by atoms with Crippen molar-refractivity contribution in [3.63, 3.8) is 0 Å². The molecule has 3 heteroatoms. The maximum absolute atomic E-state index is 10.5. The molecule has 1 aromatic heterocycles. The summed E-state index contributed by atoms with van der Waals surface area (Å²) >= 11 is 0. The van der Waals surface area contributed by atoms with E-state index < -0.39 is 6.10 Å². The fourth-order valence-electron chi connectivity index (χ4n) is 2.64. The first kappa shape index (κ1) is 14.5. The number of aliphatic hydroxyl groups excluding tert-OH is 1. The average Bonchev–Trinajstić information content (AvgIpc) is 2.60. The molecule has 1 unspecified atom stereocenters. The Morgan fingerprint density at radius 1 is 1.05 bits per heavy atom. The van der Waals surface area contributed by atoms with E-state index in [1.54, 1.807) is 7.11 Å². The largest absolute Gasteiger partial charge is 0.481 e. The number of fused-ring (bicyclic) bond motifs is 1. The van der Waals surface area contributed by atoms with Gasteiger partial charge in [0, 0.05) is 10.9 Å². The first-order chi connectivity index (χ1) is 10.7. The van der Waals surface area contributed by atoms with Crippen molar-refractivity contribution in [2.75, 3.05) is 7.11 Å². The van der Waals surface area contributed by atoms with Crippen molar-refractivity contribution >= 4 is 10.9 Å². The highest BCUT2D eigenvalue weighted by molar-refractivity contribution is 5.81. The van der Waals surface area contributed by atoms with E-state index in [1.807, 2.05) is 48.5 Å². The first-order valence-electron chi connectivity index (χ1n) is 7.43. The number of nitrogens with zero attached hydrogens (tertiary/aromatic N) is 1. The SMILES string of the molecule is CCc1cc2ccc(C(O)c3ccccc3)cc2nc1OC. The number of hydrogen-bond acceptors (Lipinski definition) is 3. The van der Waals surface area contributed by atoms with Gasteiger partial charge in [0.25, 0.3) is 0 Å². The van der Waals surface area contributed by atoms with Crippen LogP contribution >= 0.6 is 0 Å². The lowest BCUT2D eigenvalue weighted by molar-refractivity contribution is 0.220. The van der Waals surface area contributed by atoms with Gasteiger partial charge in [-0.15, -0.1) is 0 Å². The number of methoxy groups -OCH3 is 1. The molecule has 3 aromatic rings. The zero-order valence-electron chi connectivity index (χ0n) is 12.8. The molecule has 1 heterocycles. The summed E-state index contributed by atoms with van der Waals surface area (Å²) in [5, 5.41) is 11.6. The lowest BCUT2D eigenvalue weighted by Crippen LogP contribution is -2.00. The molecule has 3 nitrogen and oxygen atoms in total. The molecule has 0 fully saturated rings. The number of aliphatic hydroxyl groups is 1. The molecule has 0 aliphatic rings. The Kier molecular flexibility index (Phi) is 4.07. The lowest BCUT2D eigenvalue weighted by atomic mass is 9.99. The summed E-state index contributed by atoms with van der Waals surface area (Å²) in [7, 11) is 1.63. The van der Waals surface area contributed by atoms with E-state index in [-0.39, 0.29) is 0 Å². The van der Waals surface area contributed by atoms with E-state index in [9.17, 15) is 5.11 Å². The second kappa shape index (κ2) is 6.16. The van der Waals surface area contributed by atoms with Gasteiger partial charge in [-0.05, 0) is 29.7 Å². The summed E-state index contributed by atoms with van der Waals surface area (Å²) in [5.74, 6) is 0.654. The van der Waals surface area contributed by atoms with E-state index >= 15 is 0 Å². The molecule has 0 saturated heterocycles. The van der Waals surface area contributed by atoms with Crippen LogP contribution < -0.4 is 4.74 Å². The quantitative estimate of drug-likeness (QED) is 0.793. The van der Waals surface area contributed by atoms with Crippen LogP contribution in [0, 0.1) is 0 Å². The smallest absolute Gasteiger partial charge is 0.216 e. The van der Waals surface area contributed by atoms with Crippen LogP contribution in [0.5, 0.6) is 5.88 Å². The topological polar surface area (TPSA) is 42.4 Å². The average molecular weight is 293 g/mol. The fourth-order valence-corrected chi connectivity index (χ4v) is 2.64. The van der Waals surface area contributed by atoms with Gasteiger partial charge in [0.2, 0.25) is 5.88 Å². The molecule has 0 amide bonds. The van der Waals surface area contributed by atoms with E-state index in [4.69, 9.17) is 4.74 Å². The van der Waals surface area contributed by atoms with Gasteiger partial charge in [0.15, 0.2) is 0 Å². The van der Waals surface area contributed by atoms with Crippen molar-refractivity contribution in [2.45, 2.75) is 19.4 Å². The Hall–Kier alpha value is -2.39. The van der Waals surface area contributed by atoms with Gasteiger partial charge in [0.05, 0.1) is 12.6 Å². The molecule has 0 aliphatic carbocycles. The van der Waals surface area contributed by atoms with Gasteiger partial charge >= 0.3 is 0 Å². The molecule has 0 saturated carbocycles. The Balaban J connectivity index is 2.06. The summed E-state index contributed by atoms with van der Waals surface area (Å²) in [6.45, 7) is 2.08. The molecule has 0 spiro atoms. The van der Waals surface area contributed by atoms with E-state index in [1.165, 1.54) is 0 Å². The third-order valence-corrected chi connectivity index (χ3v) is 3.89. The summed E-state index contributed by atoms with van der Waals surface area (Å²) < 4.78 is 5.36. The molecular formula is C19H19NO2. The molecule has 3 rings (SSSR count). The van der Waals surface area contributed by atoms with Gasteiger partial charge in [0.1, 0.15) is 6.10 Å². The van der Waals surface area contributed by atoms with Gasteiger partial charge < -0.3 is 9.84 Å². The predicted octanol–water partition coefficient (Wildman–Crippen LogP) is 3.89. The van der Waals surface area contributed by atoms with Gasteiger partial charge in [-0.3, -0.25) is 0 Å². The van der Waals surface area contributed by atoms with Crippen LogP contribution in [0.1, 0.15) is 29.7 Å². The second-order valence-electron chi connectivity index (χ2n) is 5.28. The molecular weight excluding hydrogens is 274 g/mol. The standard InChI is InChI=1S/C19H19NO2/c1-3-13-11-15-9-10-16(12-17(15)20-19(13)22-2)18(21)14-7-5-4-6-8-14/h4-12,18,21H,3H2,1-2H3. The van der Waals surface area contributed by atoms with Gasteiger partial charge in [-0.2, -0.15) is 0 Å². The first-order valence-corrected chi connectivity index (χ1v) is 7.43. The number of pyridine rings is 1. The van der Waals surface area contributed by atoms with Gasteiger partial charge in [-0.25, -0.2) is 4.98 Å². The molecule has 0 radical (unpaired) electrons. The minimum absolute atomic E-state index is 0.649. The monoisotopic (exact) mass is 293 g/mol. The minimum Gasteiger partial charge on any atom is -0.481 e. The maximum atomic E-state index is 10.5. The maximum Gasteiger partial charge on any atom is 0.216 e. The fraction of sp³-hybridized carbons (Fsp3) is 0.211. The number of hydrogen-bond donors (Lipinski definition) is 1. The molecule has 2 aromatic carbocycles. The second-order valence-corrected chi connectivity index (χ2v) is 5.28. The third-order valence-electron chi connectivity index (χ3n) is 3.89. The number of aromatic nitrogens is 1. The molecule has 1 N–H and O–H groups in total. The summed E-state index contributed by atoms with van der Waals surface area (Å²) in [6, 6.07) is 17.6. The van der Waals surface area contributed by atoms with Crippen molar-refractivity contribution < 1.29 is 9.84 Å². The van der Waals surface area contributed by atoms with Crippen molar-refractivity contribution in [3.8, 4) is 5.88 Å². The van der Waals surface area contributed by atoms with Crippen LogP contribution in [-0.4, -0.2) is 17.2 Å². The molecule has 112 valence electrons. The van der Waals surface area contributed by atoms with E-state index in [2.05, 4.69) is 18.0 Å². The summed E-state index contributed by atoms with van der Waals surface area (Å²) in [6.07, 6.45) is 0.227. The van der Waals surface area contributed by atoms with Gasteiger partial charge in [-0.1, -0.05) is 49.4 Å². The van der Waals surface area contributed by atoms with Crippen LogP contribution in [0.3, 0.4) is 0 Å². The summed E-state index contributed by atoms with van der Waals surface area (Å²) in [5.41, 5.74) is 3.63. The highest BCUT2D eigenvalue weighted by Gasteiger charge is 2.12.